The largest absolute Gasteiger partial charge is 0.378 e. The monoisotopic (exact) mass is 513 g/mol. The van der Waals surface area contributed by atoms with Gasteiger partial charge < -0.3 is 15.1 Å². The Morgan fingerprint density at radius 2 is 1.89 bits per heavy atom. The van der Waals surface area contributed by atoms with Gasteiger partial charge in [0.2, 0.25) is 15.9 Å². The Morgan fingerprint density at radius 3 is 2.56 bits per heavy atom. The zero-order valence-electron chi connectivity index (χ0n) is 20.5. The molecular formula is C25H31N5O5S. The van der Waals surface area contributed by atoms with Crippen LogP contribution in [0.15, 0.2) is 53.7 Å². The molecule has 2 fully saturated rings. The number of nitrogens with one attached hydrogen (secondary N) is 1. The average Bonchev–Trinajstić information content (AvgIpc) is 3.45. The van der Waals surface area contributed by atoms with Gasteiger partial charge in [-0.1, -0.05) is 0 Å². The van der Waals surface area contributed by atoms with Crippen molar-refractivity contribution in [3.05, 3.63) is 54.4 Å². The summed E-state index contributed by atoms with van der Waals surface area (Å²) in [5.74, 6) is -0.589. The van der Waals surface area contributed by atoms with Gasteiger partial charge in [0.05, 0.1) is 12.6 Å². The van der Waals surface area contributed by atoms with E-state index in [2.05, 4.69) is 10.3 Å². The fraction of sp³-hybridized carbons (Fsp3) is 0.440. The molecule has 2 aromatic rings. The standard InChI is InChI=1S/C25H31N5O5S/c1-28(2)19-10-8-18(9-11-19)25(33)27-14-4-3-7-23(32)29-15-12-21-24(29)22(31)17-30(21)36(34,35)20-6-5-13-26-16-20/h5-6,8-11,13,16,21,24H,3-4,7,12,14-15,17H2,1-2H3,(H,27,33). The van der Waals surface area contributed by atoms with Crippen LogP contribution in [0.5, 0.6) is 0 Å². The molecule has 2 atom stereocenters. The summed E-state index contributed by atoms with van der Waals surface area (Å²) in [5, 5.41) is 2.86. The first kappa shape index (κ1) is 25.8. The van der Waals surface area contributed by atoms with E-state index in [0.29, 0.717) is 37.9 Å². The SMILES string of the molecule is CN(C)c1ccc(C(=O)NCCCCC(=O)N2CCC3C2C(=O)CN3S(=O)(=O)c2cccnc2)cc1. The Hall–Kier alpha value is -3.31. The molecular weight excluding hydrogens is 482 g/mol. The number of pyridine rings is 1. The van der Waals surface area contributed by atoms with Crippen molar-refractivity contribution >= 4 is 33.3 Å². The number of ketones is 1. The quantitative estimate of drug-likeness (QED) is 0.502. The minimum Gasteiger partial charge on any atom is -0.378 e. The van der Waals surface area contributed by atoms with Crippen LogP contribution in [0.3, 0.4) is 0 Å². The number of amides is 2. The van der Waals surface area contributed by atoms with Crippen LogP contribution in [0.25, 0.3) is 0 Å². The number of carbonyl (C=O) groups excluding carboxylic acids is 3. The zero-order valence-corrected chi connectivity index (χ0v) is 21.3. The van der Waals surface area contributed by atoms with E-state index in [4.69, 9.17) is 0 Å². The molecule has 36 heavy (non-hydrogen) atoms. The lowest BCUT2D eigenvalue weighted by molar-refractivity contribution is -0.136. The lowest BCUT2D eigenvalue weighted by Gasteiger charge is -2.24. The lowest BCUT2D eigenvalue weighted by Crippen LogP contribution is -2.43. The van der Waals surface area contributed by atoms with Crippen LogP contribution in [0.4, 0.5) is 5.69 Å². The molecule has 0 bridgehead atoms. The zero-order chi connectivity index (χ0) is 25.9. The number of hydrogen-bond acceptors (Lipinski definition) is 7. The van der Waals surface area contributed by atoms with E-state index in [-0.39, 0.29) is 35.5 Å². The van der Waals surface area contributed by atoms with Gasteiger partial charge in [-0.2, -0.15) is 4.31 Å². The molecule has 0 aliphatic carbocycles. The number of hydrogen-bond donors (Lipinski definition) is 1. The maximum atomic E-state index is 13.0. The highest BCUT2D eigenvalue weighted by Crippen LogP contribution is 2.34. The topological polar surface area (TPSA) is 120 Å². The predicted octanol–water partition coefficient (Wildman–Crippen LogP) is 1.29. The fourth-order valence-corrected chi connectivity index (χ4v) is 6.36. The molecule has 1 aromatic carbocycles. The third-order valence-corrected chi connectivity index (χ3v) is 8.54. The molecule has 4 rings (SSSR count). The molecule has 1 N–H and O–H groups in total. The molecule has 2 aliphatic rings. The number of rotatable bonds is 9. The van der Waals surface area contributed by atoms with Crippen LogP contribution in [0.1, 0.15) is 36.0 Å². The van der Waals surface area contributed by atoms with Gasteiger partial charge in [0, 0.05) is 57.3 Å². The van der Waals surface area contributed by atoms with Crippen molar-refractivity contribution in [3.63, 3.8) is 0 Å². The Morgan fingerprint density at radius 1 is 1.14 bits per heavy atom. The van der Waals surface area contributed by atoms with Gasteiger partial charge in [-0.05, 0) is 55.7 Å². The van der Waals surface area contributed by atoms with Gasteiger partial charge in [-0.3, -0.25) is 19.4 Å². The normalized spacial score (nSPS) is 19.8. The van der Waals surface area contributed by atoms with Crippen LogP contribution in [0.2, 0.25) is 0 Å². The number of fused-ring (bicyclic) bond motifs is 1. The first-order valence-electron chi connectivity index (χ1n) is 12.0. The van der Waals surface area contributed by atoms with E-state index in [1.807, 2.05) is 31.1 Å². The first-order chi connectivity index (χ1) is 17.2. The Kier molecular flexibility index (Phi) is 7.70. The summed E-state index contributed by atoms with van der Waals surface area (Å²) < 4.78 is 27.3. The summed E-state index contributed by atoms with van der Waals surface area (Å²) in [7, 11) is -0.00328. The Bertz CT molecular complexity index is 1220. The van der Waals surface area contributed by atoms with E-state index < -0.39 is 22.1 Å². The van der Waals surface area contributed by atoms with E-state index in [9.17, 15) is 22.8 Å². The van der Waals surface area contributed by atoms with Gasteiger partial charge in [0.25, 0.3) is 5.91 Å². The second-order valence-corrected chi connectivity index (χ2v) is 11.1. The number of sulfonamides is 1. The van der Waals surface area contributed by atoms with Crippen molar-refractivity contribution in [1.29, 1.82) is 0 Å². The second-order valence-electron chi connectivity index (χ2n) is 9.25. The summed E-state index contributed by atoms with van der Waals surface area (Å²) in [4.78, 5) is 45.3. The van der Waals surface area contributed by atoms with Crippen molar-refractivity contribution in [2.75, 3.05) is 38.6 Å². The number of carbonyl (C=O) groups is 3. The van der Waals surface area contributed by atoms with E-state index >= 15 is 0 Å². The van der Waals surface area contributed by atoms with Crippen molar-refractivity contribution in [2.24, 2.45) is 0 Å². The maximum Gasteiger partial charge on any atom is 0.251 e. The van der Waals surface area contributed by atoms with Gasteiger partial charge in [-0.25, -0.2) is 8.42 Å². The lowest BCUT2D eigenvalue weighted by atomic mass is 10.1. The fourth-order valence-electron chi connectivity index (χ4n) is 4.77. The van der Waals surface area contributed by atoms with E-state index in [0.717, 1.165) is 5.69 Å². The third kappa shape index (κ3) is 5.26. The van der Waals surface area contributed by atoms with E-state index in [1.54, 1.807) is 12.1 Å². The predicted molar refractivity (Wildman–Crippen MR) is 134 cm³/mol. The molecule has 2 amide bonds. The maximum absolute atomic E-state index is 13.0. The number of aromatic nitrogens is 1. The molecule has 1 aromatic heterocycles. The number of anilines is 1. The number of likely N-dealkylation sites (tertiary alicyclic amines) is 1. The first-order valence-corrected chi connectivity index (χ1v) is 13.4. The number of benzene rings is 1. The molecule has 3 heterocycles. The summed E-state index contributed by atoms with van der Waals surface area (Å²) >= 11 is 0. The summed E-state index contributed by atoms with van der Waals surface area (Å²) in [5.41, 5.74) is 1.58. The van der Waals surface area contributed by atoms with Crippen molar-refractivity contribution < 1.29 is 22.8 Å². The highest BCUT2D eigenvalue weighted by Gasteiger charge is 2.53. The summed E-state index contributed by atoms with van der Waals surface area (Å²) in [6.07, 6.45) is 4.58. The highest BCUT2D eigenvalue weighted by atomic mass is 32.2. The minimum atomic E-state index is -3.87. The smallest absolute Gasteiger partial charge is 0.251 e. The Balaban J connectivity index is 1.25. The van der Waals surface area contributed by atoms with Crippen molar-refractivity contribution in [1.82, 2.24) is 19.5 Å². The summed E-state index contributed by atoms with van der Waals surface area (Å²) in [6, 6.07) is 9.00. The van der Waals surface area contributed by atoms with Crippen molar-refractivity contribution in [3.8, 4) is 0 Å². The molecule has 11 heteroatoms. The number of nitrogens with zero attached hydrogens (tertiary/aromatic N) is 4. The highest BCUT2D eigenvalue weighted by molar-refractivity contribution is 7.89. The molecule has 192 valence electrons. The van der Waals surface area contributed by atoms with Gasteiger partial charge in [0.1, 0.15) is 10.9 Å². The molecule has 0 radical (unpaired) electrons. The third-order valence-electron chi connectivity index (χ3n) is 6.69. The van der Waals surface area contributed by atoms with Crippen LogP contribution in [-0.2, 0) is 19.6 Å². The Labute approximate surface area is 211 Å². The molecule has 2 aliphatic heterocycles. The number of unbranched alkanes of at least 4 members (excludes halogenated alkanes) is 1. The van der Waals surface area contributed by atoms with Crippen LogP contribution >= 0.6 is 0 Å². The number of Topliss-reactive ketones (excluding diaryl/α,β-unsaturated/α-hetero) is 1. The van der Waals surface area contributed by atoms with Crippen LogP contribution in [0, 0.1) is 0 Å². The minimum absolute atomic E-state index is 0.0407. The summed E-state index contributed by atoms with van der Waals surface area (Å²) in [6.45, 7) is 0.542. The van der Waals surface area contributed by atoms with Gasteiger partial charge in [0.15, 0.2) is 5.78 Å². The van der Waals surface area contributed by atoms with Crippen LogP contribution in [-0.4, -0.2) is 86.0 Å². The molecule has 2 saturated heterocycles. The second kappa shape index (κ2) is 10.8. The van der Waals surface area contributed by atoms with Gasteiger partial charge >= 0.3 is 0 Å². The molecule has 0 spiro atoms. The average molecular weight is 514 g/mol. The molecule has 10 nitrogen and oxygen atoms in total. The molecule has 2 unspecified atom stereocenters. The van der Waals surface area contributed by atoms with Crippen LogP contribution < -0.4 is 10.2 Å². The van der Waals surface area contributed by atoms with E-state index in [1.165, 1.54) is 33.7 Å². The molecule has 0 saturated carbocycles. The van der Waals surface area contributed by atoms with Crippen molar-refractivity contribution in [2.45, 2.75) is 42.7 Å². The van der Waals surface area contributed by atoms with Gasteiger partial charge in [-0.15, -0.1) is 0 Å².